The molecule has 0 heterocycles. The van der Waals surface area contributed by atoms with Gasteiger partial charge in [-0.05, 0) is 18.2 Å². The van der Waals surface area contributed by atoms with Crippen molar-refractivity contribution in [2.24, 2.45) is 5.16 Å². The minimum absolute atomic E-state index is 0.477. The molecular formula is C11H15NO4. The molecule has 1 N–H and O–H groups in total. The predicted molar refractivity (Wildman–Crippen MR) is 59.6 cm³/mol. The zero-order valence-electron chi connectivity index (χ0n) is 9.51. The molecule has 0 amide bonds. The summed E-state index contributed by atoms with van der Waals surface area (Å²) in [5, 5.41) is 11.5. The molecule has 5 heteroatoms. The van der Waals surface area contributed by atoms with E-state index in [1.165, 1.54) is 13.3 Å². The lowest BCUT2D eigenvalue weighted by Crippen LogP contribution is -2.05. The Labute approximate surface area is 94.2 Å². The topological polar surface area (TPSA) is 60.3 Å². The van der Waals surface area contributed by atoms with Crippen LogP contribution in [-0.4, -0.2) is 32.8 Å². The van der Waals surface area contributed by atoms with Crippen molar-refractivity contribution in [3.05, 3.63) is 23.8 Å². The highest BCUT2D eigenvalue weighted by molar-refractivity contribution is 5.67. The van der Waals surface area contributed by atoms with Crippen molar-refractivity contribution in [1.29, 1.82) is 0 Å². The molecule has 0 saturated carbocycles. The first-order chi connectivity index (χ1) is 7.76. The monoisotopic (exact) mass is 225 g/mol. The molecule has 88 valence electrons. The molecule has 0 saturated heterocycles. The van der Waals surface area contributed by atoms with E-state index < -0.39 is 6.10 Å². The van der Waals surface area contributed by atoms with Gasteiger partial charge in [-0.25, -0.2) is 0 Å². The number of rotatable bonds is 5. The van der Waals surface area contributed by atoms with Gasteiger partial charge in [0.05, 0.1) is 20.4 Å². The van der Waals surface area contributed by atoms with Gasteiger partial charge in [0.2, 0.25) is 0 Å². The number of methoxy groups -OCH3 is 3. The van der Waals surface area contributed by atoms with Crippen LogP contribution in [0.1, 0.15) is 11.7 Å². The molecule has 0 aliphatic heterocycles. The number of ether oxygens (including phenoxy) is 3. The largest absolute Gasteiger partial charge is 0.497 e. The maximum atomic E-state index is 8.54. The quantitative estimate of drug-likeness (QED) is 0.472. The number of oxime groups is 1. The van der Waals surface area contributed by atoms with Gasteiger partial charge in [0.15, 0.2) is 0 Å². The molecule has 16 heavy (non-hydrogen) atoms. The van der Waals surface area contributed by atoms with Crippen molar-refractivity contribution in [2.45, 2.75) is 6.10 Å². The molecule has 5 nitrogen and oxygen atoms in total. The van der Waals surface area contributed by atoms with Crippen LogP contribution in [0, 0.1) is 0 Å². The maximum absolute atomic E-state index is 8.54. The standard InChI is InChI=1S/C11H15NO4/c1-14-8-4-5-10(15-2)9(6-8)11(16-3)7-12-13/h4-7,11,13H,1-3H3/b12-7-/t11-/m1/s1. The molecule has 0 radical (unpaired) electrons. The van der Waals surface area contributed by atoms with E-state index in [-0.39, 0.29) is 0 Å². The average molecular weight is 225 g/mol. The summed E-state index contributed by atoms with van der Waals surface area (Å²) in [6.45, 7) is 0. The molecular weight excluding hydrogens is 210 g/mol. The lowest BCUT2D eigenvalue weighted by molar-refractivity contribution is 0.154. The van der Waals surface area contributed by atoms with Crippen LogP contribution in [0.15, 0.2) is 23.4 Å². The third-order valence-electron chi connectivity index (χ3n) is 2.20. The highest BCUT2D eigenvalue weighted by Gasteiger charge is 2.14. The van der Waals surface area contributed by atoms with Gasteiger partial charge in [0, 0.05) is 12.7 Å². The van der Waals surface area contributed by atoms with Crippen LogP contribution in [0.3, 0.4) is 0 Å². The van der Waals surface area contributed by atoms with Crippen molar-refractivity contribution >= 4 is 6.21 Å². The summed E-state index contributed by atoms with van der Waals surface area (Å²) in [6, 6.07) is 5.32. The molecule has 0 fully saturated rings. The Kier molecular flexibility index (Phi) is 4.60. The van der Waals surface area contributed by atoms with Gasteiger partial charge < -0.3 is 19.4 Å². The van der Waals surface area contributed by atoms with Crippen LogP contribution in [0.2, 0.25) is 0 Å². The van der Waals surface area contributed by atoms with E-state index in [2.05, 4.69) is 5.16 Å². The Morgan fingerprint density at radius 1 is 1.25 bits per heavy atom. The Hall–Kier alpha value is -1.75. The van der Waals surface area contributed by atoms with E-state index >= 15 is 0 Å². The van der Waals surface area contributed by atoms with Crippen molar-refractivity contribution in [3.8, 4) is 11.5 Å². The van der Waals surface area contributed by atoms with Crippen molar-refractivity contribution in [1.82, 2.24) is 0 Å². The highest BCUT2D eigenvalue weighted by Crippen LogP contribution is 2.30. The molecule has 0 spiro atoms. The molecule has 0 aliphatic carbocycles. The fraction of sp³-hybridized carbons (Fsp3) is 0.364. The van der Waals surface area contributed by atoms with E-state index in [9.17, 15) is 0 Å². The summed E-state index contributed by atoms with van der Waals surface area (Å²) in [4.78, 5) is 0. The lowest BCUT2D eigenvalue weighted by atomic mass is 10.1. The second-order valence-corrected chi connectivity index (χ2v) is 3.03. The Morgan fingerprint density at radius 2 is 2.00 bits per heavy atom. The number of nitrogens with zero attached hydrogens (tertiary/aromatic N) is 1. The summed E-state index contributed by atoms with van der Waals surface area (Å²) in [5.41, 5.74) is 0.738. The fourth-order valence-corrected chi connectivity index (χ4v) is 1.39. The molecule has 1 aromatic carbocycles. The van der Waals surface area contributed by atoms with Gasteiger partial charge in [-0.15, -0.1) is 0 Å². The molecule has 0 bridgehead atoms. The molecule has 0 aromatic heterocycles. The van der Waals surface area contributed by atoms with Crippen molar-refractivity contribution in [2.75, 3.05) is 21.3 Å². The van der Waals surface area contributed by atoms with Gasteiger partial charge in [0.1, 0.15) is 17.6 Å². The number of benzene rings is 1. The summed E-state index contributed by atoms with van der Waals surface area (Å²) in [5.74, 6) is 1.33. The first-order valence-corrected chi connectivity index (χ1v) is 4.69. The van der Waals surface area contributed by atoms with Crippen LogP contribution >= 0.6 is 0 Å². The molecule has 1 atom stereocenters. The average Bonchev–Trinajstić information content (AvgIpc) is 2.35. The molecule has 0 unspecified atom stereocenters. The lowest BCUT2D eigenvalue weighted by Gasteiger charge is -2.15. The van der Waals surface area contributed by atoms with Gasteiger partial charge in [-0.2, -0.15) is 0 Å². The van der Waals surface area contributed by atoms with Crippen LogP contribution in [0.5, 0.6) is 11.5 Å². The van der Waals surface area contributed by atoms with Crippen LogP contribution in [-0.2, 0) is 4.74 Å². The second-order valence-electron chi connectivity index (χ2n) is 3.03. The molecule has 1 aromatic rings. The van der Waals surface area contributed by atoms with E-state index in [0.29, 0.717) is 11.5 Å². The maximum Gasteiger partial charge on any atom is 0.125 e. The SMILES string of the molecule is COc1ccc(OC)c([C@@H](/C=N\O)OC)c1. The zero-order chi connectivity index (χ0) is 12.0. The van der Waals surface area contributed by atoms with E-state index in [0.717, 1.165) is 5.56 Å². The van der Waals surface area contributed by atoms with E-state index in [4.69, 9.17) is 19.4 Å². The van der Waals surface area contributed by atoms with E-state index in [1.807, 2.05) is 0 Å². The Morgan fingerprint density at radius 3 is 2.50 bits per heavy atom. The smallest absolute Gasteiger partial charge is 0.125 e. The summed E-state index contributed by atoms with van der Waals surface area (Å²) < 4.78 is 15.5. The van der Waals surface area contributed by atoms with E-state index in [1.54, 1.807) is 32.4 Å². The van der Waals surface area contributed by atoms with Gasteiger partial charge in [-0.1, -0.05) is 5.16 Å². The minimum atomic E-state index is -0.477. The second kappa shape index (κ2) is 5.97. The zero-order valence-corrected chi connectivity index (χ0v) is 9.51. The minimum Gasteiger partial charge on any atom is -0.497 e. The first kappa shape index (κ1) is 12.3. The highest BCUT2D eigenvalue weighted by atomic mass is 16.5. The summed E-state index contributed by atoms with van der Waals surface area (Å²) in [7, 11) is 4.66. The normalized spacial score (nSPS) is 12.7. The predicted octanol–water partition coefficient (Wildman–Crippen LogP) is 1.85. The van der Waals surface area contributed by atoms with Crippen LogP contribution in [0.25, 0.3) is 0 Å². The number of hydrogen-bond acceptors (Lipinski definition) is 5. The molecule has 1 rings (SSSR count). The molecule has 0 aliphatic rings. The third-order valence-corrected chi connectivity index (χ3v) is 2.20. The fourth-order valence-electron chi connectivity index (χ4n) is 1.39. The van der Waals surface area contributed by atoms with Crippen LogP contribution < -0.4 is 9.47 Å². The van der Waals surface area contributed by atoms with Crippen molar-refractivity contribution < 1.29 is 19.4 Å². The number of hydrogen-bond donors (Lipinski definition) is 1. The van der Waals surface area contributed by atoms with Gasteiger partial charge in [0.25, 0.3) is 0 Å². The third kappa shape index (κ3) is 2.64. The van der Waals surface area contributed by atoms with Gasteiger partial charge in [-0.3, -0.25) is 0 Å². The van der Waals surface area contributed by atoms with Gasteiger partial charge >= 0.3 is 0 Å². The summed E-state index contributed by atoms with van der Waals surface area (Å²) >= 11 is 0. The Bertz CT molecular complexity index is 365. The Balaban J connectivity index is 3.15. The summed E-state index contributed by atoms with van der Waals surface area (Å²) in [6.07, 6.45) is 0.798. The van der Waals surface area contributed by atoms with Crippen LogP contribution in [0.4, 0.5) is 0 Å². The van der Waals surface area contributed by atoms with Crippen molar-refractivity contribution in [3.63, 3.8) is 0 Å². The first-order valence-electron chi connectivity index (χ1n) is 4.69.